The smallest absolute Gasteiger partial charge is 0.00958 e. The van der Waals surface area contributed by atoms with E-state index in [1.165, 1.54) is 64.2 Å². The highest BCUT2D eigenvalue weighted by Gasteiger charge is 2.52. The molecule has 0 saturated heterocycles. The van der Waals surface area contributed by atoms with Crippen LogP contribution in [0.3, 0.4) is 0 Å². The maximum absolute atomic E-state index is 6.71. The molecule has 0 aromatic carbocycles. The van der Waals surface area contributed by atoms with E-state index in [1.807, 2.05) is 0 Å². The predicted molar refractivity (Wildman–Crippen MR) is 86.6 cm³/mol. The molecule has 1 atom stereocenters. The number of rotatable bonds is 8. The van der Waals surface area contributed by atoms with Gasteiger partial charge in [0.25, 0.3) is 0 Å². The molecule has 0 aromatic rings. The topological polar surface area (TPSA) is 26.0 Å². The van der Waals surface area contributed by atoms with E-state index in [1.54, 1.807) is 19.3 Å². The van der Waals surface area contributed by atoms with Gasteiger partial charge in [-0.3, -0.25) is 0 Å². The van der Waals surface area contributed by atoms with Crippen molar-refractivity contribution in [3.63, 3.8) is 0 Å². The summed E-state index contributed by atoms with van der Waals surface area (Å²) >= 11 is 0. The first-order valence-electron chi connectivity index (χ1n) is 9.47. The molecule has 0 aromatic heterocycles. The lowest BCUT2D eigenvalue weighted by atomic mass is 9.47. The van der Waals surface area contributed by atoms with Gasteiger partial charge in [-0.15, -0.1) is 0 Å². The maximum atomic E-state index is 6.71. The van der Waals surface area contributed by atoms with Crippen LogP contribution in [-0.2, 0) is 0 Å². The Balaban J connectivity index is 1.44. The highest BCUT2D eigenvalue weighted by atomic mass is 14.7. The van der Waals surface area contributed by atoms with Crippen molar-refractivity contribution >= 4 is 0 Å². The zero-order valence-corrected chi connectivity index (χ0v) is 13.6. The minimum Gasteiger partial charge on any atom is -0.327 e. The molecular weight excluding hydrogens is 242 g/mol. The van der Waals surface area contributed by atoms with Crippen LogP contribution in [0.4, 0.5) is 0 Å². The van der Waals surface area contributed by atoms with Gasteiger partial charge < -0.3 is 5.73 Å². The van der Waals surface area contributed by atoms with Crippen molar-refractivity contribution in [2.75, 3.05) is 0 Å². The van der Waals surface area contributed by atoms with Gasteiger partial charge in [-0.05, 0) is 68.1 Å². The number of unbranched alkanes of at least 4 members (excludes halogenated alkanes) is 5. The van der Waals surface area contributed by atoms with Crippen LogP contribution in [0.15, 0.2) is 0 Å². The van der Waals surface area contributed by atoms with Gasteiger partial charge in [0.15, 0.2) is 0 Å². The van der Waals surface area contributed by atoms with Crippen molar-refractivity contribution in [1.82, 2.24) is 0 Å². The van der Waals surface area contributed by atoms with Crippen LogP contribution in [0, 0.1) is 23.2 Å². The average Bonchev–Trinajstić information content (AvgIpc) is 2.41. The van der Waals surface area contributed by atoms with E-state index in [-0.39, 0.29) is 0 Å². The van der Waals surface area contributed by atoms with Crippen molar-refractivity contribution in [2.45, 2.75) is 96.4 Å². The van der Waals surface area contributed by atoms with Gasteiger partial charge in [0.05, 0.1) is 0 Å². The zero-order valence-electron chi connectivity index (χ0n) is 13.6. The van der Waals surface area contributed by atoms with Gasteiger partial charge in [0.1, 0.15) is 0 Å². The molecule has 20 heavy (non-hydrogen) atoms. The van der Waals surface area contributed by atoms with Crippen LogP contribution in [0.25, 0.3) is 0 Å². The first-order valence-corrected chi connectivity index (χ1v) is 9.47. The fourth-order valence-corrected chi connectivity index (χ4v) is 6.08. The molecule has 0 aliphatic heterocycles. The van der Waals surface area contributed by atoms with Crippen molar-refractivity contribution in [2.24, 2.45) is 28.9 Å². The fourth-order valence-electron chi connectivity index (χ4n) is 6.08. The van der Waals surface area contributed by atoms with Gasteiger partial charge in [0, 0.05) is 6.04 Å². The summed E-state index contributed by atoms with van der Waals surface area (Å²) in [5.41, 5.74) is 7.30. The monoisotopic (exact) mass is 277 g/mol. The molecule has 0 heterocycles. The summed E-state index contributed by atoms with van der Waals surface area (Å²) in [4.78, 5) is 0. The van der Waals surface area contributed by atoms with Crippen LogP contribution in [0.1, 0.15) is 90.4 Å². The Morgan fingerprint density at radius 2 is 1.35 bits per heavy atom. The normalized spacial score (nSPS) is 40.2. The first-order chi connectivity index (χ1) is 9.72. The van der Waals surface area contributed by atoms with Crippen LogP contribution in [0.5, 0.6) is 0 Å². The van der Waals surface area contributed by atoms with E-state index in [2.05, 4.69) is 6.92 Å². The van der Waals surface area contributed by atoms with Gasteiger partial charge >= 0.3 is 0 Å². The Bertz CT molecular complexity index is 274. The molecule has 0 radical (unpaired) electrons. The van der Waals surface area contributed by atoms with Gasteiger partial charge in [-0.2, -0.15) is 0 Å². The molecule has 1 unspecified atom stereocenters. The maximum Gasteiger partial charge on any atom is 0.00958 e. The summed E-state index contributed by atoms with van der Waals surface area (Å²) in [5, 5.41) is 0. The zero-order chi connectivity index (χ0) is 14.0. The molecule has 1 nitrogen and oxygen atoms in total. The molecule has 4 aliphatic carbocycles. The number of nitrogens with two attached hydrogens (primary N) is 1. The van der Waals surface area contributed by atoms with Gasteiger partial charge in [-0.25, -0.2) is 0 Å². The largest absolute Gasteiger partial charge is 0.327 e. The SMILES string of the molecule is CCCCCCCCC(N)C12CC3CC(CC(C3)C1)C2. The van der Waals surface area contributed by atoms with Crippen LogP contribution in [-0.4, -0.2) is 6.04 Å². The molecule has 1 heteroatoms. The highest BCUT2D eigenvalue weighted by Crippen LogP contribution is 2.61. The molecular formula is C19H35N. The minimum atomic E-state index is 0.516. The Kier molecular flexibility index (Phi) is 4.75. The van der Waals surface area contributed by atoms with Crippen molar-refractivity contribution < 1.29 is 0 Å². The first kappa shape index (κ1) is 14.9. The van der Waals surface area contributed by atoms with E-state index in [4.69, 9.17) is 5.73 Å². The second kappa shape index (κ2) is 6.38. The molecule has 4 saturated carbocycles. The molecule has 116 valence electrons. The lowest BCUT2D eigenvalue weighted by Gasteiger charge is -2.59. The molecule has 2 N–H and O–H groups in total. The number of hydrogen-bond donors (Lipinski definition) is 1. The van der Waals surface area contributed by atoms with Gasteiger partial charge in [-0.1, -0.05) is 45.4 Å². The van der Waals surface area contributed by atoms with Crippen molar-refractivity contribution in [3.8, 4) is 0 Å². The Hall–Kier alpha value is -0.0400. The Morgan fingerprint density at radius 3 is 1.90 bits per heavy atom. The minimum absolute atomic E-state index is 0.516. The number of hydrogen-bond acceptors (Lipinski definition) is 1. The average molecular weight is 277 g/mol. The van der Waals surface area contributed by atoms with Crippen LogP contribution >= 0.6 is 0 Å². The summed E-state index contributed by atoms with van der Waals surface area (Å²) in [6.45, 7) is 2.29. The standard InChI is InChI=1S/C19H35N/c1-2-3-4-5-6-7-8-18(20)19-12-15-9-16(13-19)11-17(10-15)14-19/h15-18H,2-14,20H2,1H3. The quantitative estimate of drug-likeness (QED) is 0.600. The molecule has 4 rings (SSSR count). The van der Waals surface area contributed by atoms with E-state index >= 15 is 0 Å². The van der Waals surface area contributed by atoms with Crippen LogP contribution < -0.4 is 5.73 Å². The summed E-state index contributed by atoms with van der Waals surface area (Å²) in [6.07, 6.45) is 18.8. The van der Waals surface area contributed by atoms with E-state index in [0.717, 1.165) is 17.8 Å². The summed E-state index contributed by atoms with van der Waals surface area (Å²) < 4.78 is 0. The van der Waals surface area contributed by atoms with E-state index in [9.17, 15) is 0 Å². The summed E-state index contributed by atoms with van der Waals surface area (Å²) in [6, 6.07) is 0.516. The predicted octanol–water partition coefficient (Wildman–Crippen LogP) is 5.28. The lowest BCUT2D eigenvalue weighted by Crippen LogP contribution is -2.54. The molecule has 4 fully saturated rings. The fraction of sp³-hybridized carbons (Fsp3) is 1.00. The molecule has 4 aliphatic rings. The Morgan fingerprint density at radius 1 is 0.850 bits per heavy atom. The van der Waals surface area contributed by atoms with Gasteiger partial charge in [0.2, 0.25) is 0 Å². The van der Waals surface area contributed by atoms with Crippen molar-refractivity contribution in [3.05, 3.63) is 0 Å². The highest BCUT2D eigenvalue weighted by molar-refractivity contribution is 5.05. The Labute approximate surface area is 126 Å². The third kappa shape index (κ3) is 3.08. The third-order valence-corrected chi connectivity index (χ3v) is 6.74. The summed E-state index contributed by atoms with van der Waals surface area (Å²) in [7, 11) is 0. The molecule has 0 spiro atoms. The van der Waals surface area contributed by atoms with E-state index < -0.39 is 0 Å². The van der Waals surface area contributed by atoms with E-state index in [0.29, 0.717) is 11.5 Å². The molecule has 4 bridgehead atoms. The third-order valence-electron chi connectivity index (χ3n) is 6.74. The second-order valence-corrected chi connectivity index (χ2v) is 8.44. The summed E-state index contributed by atoms with van der Waals surface area (Å²) in [5.74, 6) is 3.16. The lowest BCUT2D eigenvalue weighted by molar-refractivity contribution is -0.0684. The second-order valence-electron chi connectivity index (χ2n) is 8.44. The van der Waals surface area contributed by atoms with Crippen molar-refractivity contribution in [1.29, 1.82) is 0 Å². The molecule has 0 amide bonds. The van der Waals surface area contributed by atoms with Crippen LogP contribution in [0.2, 0.25) is 0 Å².